The number of hydrogen-bond acceptors (Lipinski definition) is 16. The van der Waals surface area contributed by atoms with Crippen LogP contribution in [0.5, 0.6) is 0 Å². The highest BCUT2D eigenvalue weighted by Gasteiger charge is 2.27. The van der Waals surface area contributed by atoms with Crippen LogP contribution in [0.3, 0.4) is 0 Å². The number of anilines is 4. The van der Waals surface area contributed by atoms with E-state index in [4.69, 9.17) is 34.8 Å². The number of nitrogens with one attached hydrogen (secondary N) is 4. The van der Waals surface area contributed by atoms with E-state index in [1.54, 1.807) is 146 Å². The van der Waals surface area contributed by atoms with Crippen molar-refractivity contribution >= 4 is 252 Å². The number of rotatable bonds is 16. The van der Waals surface area contributed by atoms with Crippen LogP contribution in [0, 0.1) is 6.92 Å². The fraction of sp³-hybridized carbons (Fsp3) is 0.0123. The molecule has 16 aromatic rings. The molecule has 0 aliphatic heterocycles. The van der Waals surface area contributed by atoms with E-state index >= 15 is 0 Å². The van der Waals surface area contributed by atoms with Gasteiger partial charge in [0, 0.05) is 82.7 Å². The monoisotopic (exact) mass is 1710 g/mol. The number of carbonyl (C=O) groups excluding carboxylic acids is 4. The van der Waals surface area contributed by atoms with Gasteiger partial charge in [-0.1, -0.05) is 111 Å². The van der Waals surface area contributed by atoms with Gasteiger partial charge in [-0.15, -0.1) is 90.7 Å². The van der Waals surface area contributed by atoms with Gasteiger partial charge in [0.05, 0.1) is 47.3 Å². The second-order valence-electron chi connectivity index (χ2n) is 23.6. The third kappa shape index (κ3) is 17.6. The van der Waals surface area contributed by atoms with Crippen LogP contribution < -0.4 is 21.3 Å². The van der Waals surface area contributed by atoms with Crippen molar-refractivity contribution in [3.8, 4) is 41.8 Å². The largest absolute Gasteiger partial charge is 0.478 e. The summed E-state index contributed by atoms with van der Waals surface area (Å²) in [6, 6.07) is 56.4. The maximum absolute atomic E-state index is 12.7. The van der Waals surface area contributed by atoms with Crippen LogP contribution in [0.1, 0.15) is 88.4 Å². The number of thiophene rings is 8. The minimum absolute atomic E-state index is 0.000756. The zero-order chi connectivity index (χ0) is 76.7. The van der Waals surface area contributed by atoms with Gasteiger partial charge >= 0.3 is 23.9 Å². The number of amides is 4. The lowest BCUT2D eigenvalue weighted by Gasteiger charge is -2.08. The van der Waals surface area contributed by atoms with Gasteiger partial charge in [0.2, 0.25) is 0 Å². The van der Waals surface area contributed by atoms with Crippen LogP contribution in [0.2, 0.25) is 15.1 Å². The Bertz CT molecular complexity index is 5770. The number of benzene rings is 8. The molecule has 8 aromatic carbocycles. The van der Waals surface area contributed by atoms with E-state index < -0.39 is 23.9 Å². The van der Waals surface area contributed by atoms with Crippen LogP contribution >= 0.6 is 141 Å². The third-order valence-electron chi connectivity index (χ3n) is 16.6. The summed E-state index contributed by atoms with van der Waals surface area (Å²) in [5.41, 5.74) is 7.38. The van der Waals surface area contributed by atoms with Crippen molar-refractivity contribution in [3.63, 3.8) is 0 Å². The van der Waals surface area contributed by atoms with Crippen molar-refractivity contribution in [2.24, 2.45) is 0 Å². The standard InChI is InChI=1S/C21H15NO3S2.C20H12BrNO3S2.C20H11Cl2NO3S2.C20H12ClNO3S2/c1-12-2-4-13(5-3-12)19-18(21(24)25)16(11-27-19)22-20(23)15-6-7-17-14(10-15)8-9-26-17;21-14-4-1-11(2-5-14)18-17(20(24)25)15(10-27-18)22-19(23)13-3-6-16-12(9-13)7-8-26-16;21-12-2-3-13(14(22)8-12)18-17(20(25)26)15(9-28-18)23-19(24)11-1-4-16-10(7-11)5-6-27-16;21-14-4-1-11(2-5-14)18-17(20(24)25)15(10-27-18)22-19(23)13-3-6-16-12(9-13)7-8-26-16/h2-11H,1H3,(H,22,23)(H,24,25);1-10H,(H,22,23)(H,24,25);1-9H,(H,23,24)(H,25,26);1-10H,(H,22,23)(H,24,25). The Morgan fingerprint density at radius 1 is 0.321 bits per heavy atom. The minimum atomic E-state index is -1.15. The molecule has 0 spiro atoms. The maximum Gasteiger partial charge on any atom is 0.339 e. The molecule has 8 aromatic heterocycles. The van der Waals surface area contributed by atoms with Crippen molar-refractivity contribution in [2.45, 2.75) is 6.92 Å². The Hall–Kier alpha value is -10.5. The first-order valence-corrected chi connectivity index (χ1v) is 41.1. The van der Waals surface area contributed by atoms with Gasteiger partial charge < -0.3 is 41.7 Å². The van der Waals surface area contributed by atoms with E-state index in [-0.39, 0.29) is 57.3 Å². The minimum Gasteiger partial charge on any atom is -0.478 e. The molecule has 0 saturated carbocycles. The summed E-state index contributed by atoms with van der Waals surface area (Å²) < 4.78 is 5.30. The summed E-state index contributed by atoms with van der Waals surface area (Å²) in [6.07, 6.45) is 0. The molecule has 0 aliphatic carbocycles. The molecule has 0 atom stereocenters. The van der Waals surface area contributed by atoms with Gasteiger partial charge in [0.15, 0.2) is 0 Å². The summed E-state index contributed by atoms with van der Waals surface area (Å²) in [5, 5.41) is 69.5. The molecule has 4 amide bonds. The fourth-order valence-electron chi connectivity index (χ4n) is 11.3. The van der Waals surface area contributed by atoms with Crippen molar-refractivity contribution in [1.82, 2.24) is 0 Å². The second kappa shape index (κ2) is 34.0. The number of aryl methyl sites for hydroxylation is 1. The fourth-order valence-corrected chi connectivity index (χ4v) is 19.3. The van der Waals surface area contributed by atoms with E-state index in [9.17, 15) is 58.8 Å². The summed E-state index contributed by atoms with van der Waals surface area (Å²) in [7, 11) is 0. The van der Waals surface area contributed by atoms with Crippen LogP contribution in [0.15, 0.2) is 236 Å². The highest BCUT2D eigenvalue weighted by molar-refractivity contribution is 9.10. The number of carboxylic acids is 4. The molecule has 109 heavy (non-hydrogen) atoms. The highest BCUT2D eigenvalue weighted by atomic mass is 79.9. The third-order valence-corrected chi connectivity index (χ3v) is 25.6. The van der Waals surface area contributed by atoms with Crippen LogP contribution in [-0.2, 0) is 0 Å². The van der Waals surface area contributed by atoms with E-state index in [0.29, 0.717) is 73.8 Å². The van der Waals surface area contributed by atoms with Crippen molar-refractivity contribution in [3.05, 3.63) is 301 Å². The Kier molecular flexibility index (Phi) is 23.9. The molecule has 0 fully saturated rings. The number of aromatic carboxylic acids is 4. The molecule has 0 saturated heterocycles. The van der Waals surface area contributed by atoms with E-state index in [0.717, 1.165) is 67.1 Å². The number of hydrogen-bond donors (Lipinski definition) is 8. The smallest absolute Gasteiger partial charge is 0.339 e. The average Bonchev–Trinajstić information content (AvgIpc) is 1.66. The van der Waals surface area contributed by atoms with E-state index in [1.807, 2.05) is 138 Å². The van der Waals surface area contributed by atoms with Gasteiger partial charge in [-0.3, -0.25) is 19.2 Å². The highest BCUT2D eigenvalue weighted by Crippen LogP contribution is 2.43. The maximum atomic E-state index is 12.7. The predicted octanol–water partition coefficient (Wildman–Crippen LogP) is 25.4. The Morgan fingerprint density at radius 2 is 0.606 bits per heavy atom. The molecule has 16 rings (SSSR count). The van der Waals surface area contributed by atoms with E-state index in [2.05, 4.69) is 37.2 Å². The first kappa shape index (κ1) is 76.7. The molecule has 542 valence electrons. The van der Waals surface area contributed by atoms with Gasteiger partial charge in [-0.25, -0.2) is 19.2 Å². The summed E-state index contributed by atoms with van der Waals surface area (Å²) in [5.74, 6) is -5.73. The summed E-state index contributed by atoms with van der Waals surface area (Å²) >= 11 is 32.9. The topological polar surface area (TPSA) is 266 Å². The zero-order valence-electron chi connectivity index (χ0n) is 55.8. The molecule has 28 heteroatoms. The number of carboxylic acid groups (broad SMARTS) is 4. The zero-order valence-corrected chi connectivity index (χ0v) is 66.2. The predicted molar refractivity (Wildman–Crippen MR) is 453 cm³/mol. The molecular weight excluding hydrogens is 1660 g/mol. The SMILES string of the molecule is Cc1ccc(-c2scc(NC(=O)c3ccc4sccc4c3)c2C(=O)O)cc1.O=C(Nc1csc(-c2ccc(Br)cc2)c1C(=O)O)c1ccc2sccc2c1.O=C(Nc1csc(-c2ccc(Cl)cc2)c1C(=O)O)c1ccc2sccc2c1.O=C(Nc1csc(-c2ccc(Cl)cc2Cl)c1C(=O)O)c1ccc2sccc2c1. The van der Waals surface area contributed by atoms with Gasteiger partial charge in [-0.05, 0) is 200 Å². The van der Waals surface area contributed by atoms with Gasteiger partial charge in [-0.2, -0.15) is 0 Å². The normalized spacial score (nSPS) is 10.9. The molecule has 0 aliphatic rings. The van der Waals surface area contributed by atoms with E-state index in [1.165, 1.54) is 45.3 Å². The van der Waals surface area contributed by atoms with Crippen LogP contribution in [0.25, 0.3) is 82.1 Å². The molecule has 8 heterocycles. The molecule has 0 bridgehead atoms. The van der Waals surface area contributed by atoms with Crippen LogP contribution in [-0.4, -0.2) is 67.9 Å². The van der Waals surface area contributed by atoms with Crippen LogP contribution in [0.4, 0.5) is 22.7 Å². The number of halogens is 4. The Labute approximate surface area is 675 Å². The summed E-state index contributed by atoms with van der Waals surface area (Å²) in [4.78, 5) is 100. The van der Waals surface area contributed by atoms with Crippen molar-refractivity contribution in [1.29, 1.82) is 0 Å². The molecule has 0 unspecified atom stereocenters. The number of fused-ring (bicyclic) bond motifs is 4. The van der Waals surface area contributed by atoms with Crippen molar-refractivity contribution in [2.75, 3.05) is 21.3 Å². The van der Waals surface area contributed by atoms with Gasteiger partial charge in [0.1, 0.15) is 22.3 Å². The Morgan fingerprint density at radius 3 is 0.917 bits per heavy atom. The quantitative estimate of drug-likeness (QED) is 0.0449. The Balaban J connectivity index is 0.000000128. The summed E-state index contributed by atoms with van der Waals surface area (Å²) in [6.45, 7) is 1.98. The lowest BCUT2D eigenvalue weighted by molar-refractivity contribution is 0.0688. The van der Waals surface area contributed by atoms with Crippen molar-refractivity contribution < 1.29 is 58.8 Å². The lowest BCUT2D eigenvalue weighted by atomic mass is 10.1. The molecule has 16 nitrogen and oxygen atoms in total. The van der Waals surface area contributed by atoms with Gasteiger partial charge in [0.25, 0.3) is 23.6 Å². The molecular formula is C81H50BrCl3N4O12S8. The molecule has 0 radical (unpaired) electrons. The first-order chi connectivity index (χ1) is 52.5. The lowest BCUT2D eigenvalue weighted by Crippen LogP contribution is -2.13. The first-order valence-electron chi connectivity index (χ1n) is 32.1. The number of carbonyl (C=O) groups is 8. The second-order valence-corrected chi connectivity index (χ2v) is 33.2. The molecule has 8 N–H and O–H groups in total. The average molecular weight is 1710 g/mol.